The second-order valence-electron chi connectivity index (χ2n) is 6.79. The van der Waals surface area contributed by atoms with Crippen LogP contribution in [0.25, 0.3) is 5.69 Å². The predicted octanol–water partition coefficient (Wildman–Crippen LogP) is 4.14. The maximum absolute atomic E-state index is 11.8. The van der Waals surface area contributed by atoms with Crippen molar-refractivity contribution in [2.45, 2.75) is 13.8 Å². The number of nitro groups is 2. The van der Waals surface area contributed by atoms with Gasteiger partial charge in [-0.3, -0.25) is 25.7 Å². The lowest BCUT2D eigenvalue weighted by Crippen LogP contribution is -2.05. The standard InChI is InChI=1S/C21H19N5O6/c1-13-9-16(14(2)24(13)17-6-4-5-15(10-17)21(27)32-3)12-22-23-19-8-7-18(25(28)29)11-20(19)26(30)31/h4-12,23H,1-3H3/b22-12-. The number of hydrazone groups is 1. The SMILES string of the molecule is COC(=O)c1cccc(-n2c(C)cc(/C=N\Nc3ccc([N+](=O)[O-])cc3[N+](=O)[O-])c2C)c1. The van der Waals surface area contributed by atoms with Gasteiger partial charge >= 0.3 is 11.7 Å². The van der Waals surface area contributed by atoms with Crippen LogP contribution in [0.15, 0.2) is 53.6 Å². The average molecular weight is 437 g/mol. The Hall–Kier alpha value is -4.54. The molecule has 0 radical (unpaired) electrons. The zero-order chi connectivity index (χ0) is 23.4. The van der Waals surface area contributed by atoms with E-state index in [4.69, 9.17) is 4.74 Å². The number of carbonyl (C=O) groups is 1. The van der Waals surface area contributed by atoms with Crippen molar-refractivity contribution in [2.75, 3.05) is 12.5 Å². The fourth-order valence-electron chi connectivity index (χ4n) is 3.26. The molecule has 0 fully saturated rings. The highest BCUT2D eigenvalue weighted by molar-refractivity contribution is 5.90. The molecule has 11 heteroatoms. The summed E-state index contributed by atoms with van der Waals surface area (Å²) in [5.74, 6) is -0.440. The molecule has 11 nitrogen and oxygen atoms in total. The summed E-state index contributed by atoms with van der Waals surface area (Å²) < 4.78 is 6.70. The number of hydrogen-bond acceptors (Lipinski definition) is 8. The van der Waals surface area contributed by atoms with E-state index in [0.717, 1.165) is 34.8 Å². The van der Waals surface area contributed by atoms with Gasteiger partial charge in [-0.15, -0.1) is 0 Å². The minimum absolute atomic E-state index is 0.0245. The molecule has 0 bridgehead atoms. The first-order valence-electron chi connectivity index (χ1n) is 9.32. The lowest BCUT2D eigenvalue weighted by atomic mass is 10.2. The monoisotopic (exact) mass is 437 g/mol. The Kier molecular flexibility index (Phi) is 6.29. The number of carbonyl (C=O) groups excluding carboxylic acids is 1. The van der Waals surface area contributed by atoms with E-state index in [1.54, 1.807) is 18.2 Å². The first-order chi connectivity index (χ1) is 15.2. The summed E-state index contributed by atoms with van der Waals surface area (Å²) in [6.45, 7) is 3.76. The molecule has 3 rings (SSSR count). The van der Waals surface area contributed by atoms with Gasteiger partial charge in [-0.05, 0) is 44.2 Å². The zero-order valence-corrected chi connectivity index (χ0v) is 17.4. The van der Waals surface area contributed by atoms with Gasteiger partial charge in [0.25, 0.3) is 5.69 Å². The van der Waals surface area contributed by atoms with Crippen LogP contribution >= 0.6 is 0 Å². The van der Waals surface area contributed by atoms with Crippen LogP contribution in [0, 0.1) is 34.1 Å². The molecule has 0 unspecified atom stereocenters. The number of methoxy groups -OCH3 is 1. The van der Waals surface area contributed by atoms with Gasteiger partial charge in [0, 0.05) is 28.7 Å². The van der Waals surface area contributed by atoms with Crippen LogP contribution < -0.4 is 5.43 Å². The maximum atomic E-state index is 11.8. The quantitative estimate of drug-likeness (QED) is 0.253. The van der Waals surface area contributed by atoms with Gasteiger partial charge < -0.3 is 9.30 Å². The van der Waals surface area contributed by atoms with Crippen molar-refractivity contribution in [3.63, 3.8) is 0 Å². The third-order valence-electron chi connectivity index (χ3n) is 4.77. The second kappa shape index (κ2) is 9.08. The number of non-ortho nitro benzene ring substituents is 1. The van der Waals surface area contributed by atoms with Crippen LogP contribution in [-0.4, -0.2) is 33.7 Å². The van der Waals surface area contributed by atoms with E-state index in [2.05, 4.69) is 10.5 Å². The molecule has 1 N–H and O–H groups in total. The van der Waals surface area contributed by atoms with Crippen molar-refractivity contribution < 1.29 is 19.4 Å². The molecule has 164 valence electrons. The molecule has 0 saturated heterocycles. The molecular weight excluding hydrogens is 418 g/mol. The molecule has 0 saturated carbocycles. The van der Waals surface area contributed by atoms with Crippen molar-refractivity contribution in [1.29, 1.82) is 0 Å². The molecule has 0 aliphatic carbocycles. The van der Waals surface area contributed by atoms with Gasteiger partial charge in [-0.25, -0.2) is 4.79 Å². The highest BCUT2D eigenvalue weighted by atomic mass is 16.6. The van der Waals surface area contributed by atoms with Crippen LogP contribution in [0.4, 0.5) is 17.1 Å². The number of esters is 1. The Morgan fingerprint density at radius 1 is 1.09 bits per heavy atom. The summed E-state index contributed by atoms with van der Waals surface area (Å²) in [5.41, 5.74) is 5.38. The first-order valence-corrected chi connectivity index (χ1v) is 9.32. The van der Waals surface area contributed by atoms with E-state index < -0.39 is 21.5 Å². The number of ether oxygens (including phenoxy) is 1. The highest BCUT2D eigenvalue weighted by Gasteiger charge is 2.19. The van der Waals surface area contributed by atoms with Crippen LogP contribution in [-0.2, 0) is 4.74 Å². The Balaban J connectivity index is 1.89. The molecule has 1 aromatic heterocycles. The zero-order valence-electron chi connectivity index (χ0n) is 17.4. The molecule has 3 aromatic rings. The molecule has 32 heavy (non-hydrogen) atoms. The number of nitrogens with zero attached hydrogens (tertiary/aromatic N) is 4. The summed E-state index contributed by atoms with van der Waals surface area (Å²) in [7, 11) is 1.32. The third kappa shape index (κ3) is 4.46. The Labute approximate surface area is 182 Å². The number of nitrogens with one attached hydrogen (secondary N) is 1. The minimum atomic E-state index is -0.717. The van der Waals surface area contributed by atoms with Crippen LogP contribution in [0.2, 0.25) is 0 Å². The third-order valence-corrected chi connectivity index (χ3v) is 4.77. The lowest BCUT2D eigenvalue weighted by molar-refractivity contribution is -0.393. The summed E-state index contributed by atoms with van der Waals surface area (Å²) in [5, 5.41) is 26.2. The summed E-state index contributed by atoms with van der Waals surface area (Å²) >= 11 is 0. The van der Waals surface area contributed by atoms with Crippen LogP contribution in [0.1, 0.15) is 27.3 Å². The molecule has 0 amide bonds. The van der Waals surface area contributed by atoms with Crippen molar-refractivity contribution in [3.05, 3.63) is 91.3 Å². The molecule has 0 aliphatic heterocycles. The number of hydrogen-bond donors (Lipinski definition) is 1. The number of anilines is 1. The lowest BCUT2D eigenvalue weighted by Gasteiger charge is -2.11. The summed E-state index contributed by atoms with van der Waals surface area (Å²) in [6, 6.07) is 12.1. The molecule has 1 heterocycles. The van der Waals surface area contributed by atoms with Crippen molar-refractivity contribution in [1.82, 2.24) is 4.57 Å². The fraction of sp³-hybridized carbons (Fsp3) is 0.143. The first kappa shape index (κ1) is 22.2. The average Bonchev–Trinajstić information content (AvgIpc) is 3.06. The summed E-state index contributed by atoms with van der Waals surface area (Å²) in [6.07, 6.45) is 1.49. The van der Waals surface area contributed by atoms with E-state index >= 15 is 0 Å². The van der Waals surface area contributed by atoms with Gasteiger partial charge in [-0.2, -0.15) is 5.10 Å². The number of rotatable bonds is 7. The predicted molar refractivity (Wildman–Crippen MR) is 118 cm³/mol. The molecular formula is C21H19N5O6. The van der Waals surface area contributed by atoms with Gasteiger partial charge in [0.15, 0.2) is 0 Å². The fourth-order valence-corrected chi connectivity index (χ4v) is 3.26. The smallest absolute Gasteiger partial charge is 0.337 e. The largest absolute Gasteiger partial charge is 0.465 e. The van der Waals surface area contributed by atoms with Gasteiger partial charge in [0.1, 0.15) is 5.69 Å². The van der Waals surface area contributed by atoms with Crippen molar-refractivity contribution in [2.24, 2.45) is 5.10 Å². The maximum Gasteiger partial charge on any atom is 0.337 e. The summed E-state index contributed by atoms with van der Waals surface area (Å²) in [4.78, 5) is 32.5. The molecule has 0 spiro atoms. The highest BCUT2D eigenvalue weighted by Crippen LogP contribution is 2.29. The van der Waals surface area contributed by atoms with E-state index in [1.165, 1.54) is 19.4 Å². The van der Waals surface area contributed by atoms with Gasteiger partial charge in [0.05, 0.1) is 34.8 Å². The Morgan fingerprint density at radius 2 is 1.84 bits per heavy atom. The van der Waals surface area contributed by atoms with Crippen molar-refractivity contribution in [3.8, 4) is 5.69 Å². The normalized spacial score (nSPS) is 10.8. The molecule has 0 aliphatic rings. The minimum Gasteiger partial charge on any atom is -0.465 e. The number of aryl methyl sites for hydroxylation is 1. The topological polar surface area (TPSA) is 142 Å². The molecule has 0 atom stereocenters. The van der Waals surface area contributed by atoms with E-state index in [9.17, 15) is 25.0 Å². The van der Waals surface area contributed by atoms with E-state index in [0.29, 0.717) is 5.56 Å². The van der Waals surface area contributed by atoms with E-state index in [1.807, 2.05) is 30.5 Å². The second-order valence-corrected chi connectivity index (χ2v) is 6.79. The number of nitro benzene ring substituents is 2. The van der Waals surface area contributed by atoms with Gasteiger partial charge in [-0.1, -0.05) is 6.07 Å². The van der Waals surface area contributed by atoms with Gasteiger partial charge in [0.2, 0.25) is 0 Å². The molecule has 2 aromatic carbocycles. The number of benzene rings is 2. The number of aromatic nitrogens is 1. The van der Waals surface area contributed by atoms with Crippen molar-refractivity contribution >= 4 is 29.2 Å². The van der Waals surface area contributed by atoms with E-state index in [-0.39, 0.29) is 11.4 Å². The Morgan fingerprint density at radius 3 is 2.50 bits per heavy atom. The van der Waals surface area contributed by atoms with Crippen LogP contribution in [0.5, 0.6) is 0 Å². The van der Waals surface area contributed by atoms with Crippen LogP contribution in [0.3, 0.4) is 0 Å². The Bertz CT molecular complexity index is 1250.